The number of hydrogen-bond acceptors (Lipinski definition) is 8. The first-order valence-electron chi connectivity index (χ1n) is 10.0. The summed E-state index contributed by atoms with van der Waals surface area (Å²) in [4.78, 5) is 12.5. The molecule has 0 radical (unpaired) electrons. The number of amides is 1. The fourth-order valence-electron chi connectivity index (χ4n) is 2.85. The highest BCUT2D eigenvalue weighted by Gasteiger charge is 2.21. The topological polar surface area (TPSA) is 104 Å². The van der Waals surface area contributed by atoms with Gasteiger partial charge >= 0.3 is 0 Å². The first-order chi connectivity index (χ1) is 15.3. The molecule has 0 saturated carbocycles. The van der Waals surface area contributed by atoms with E-state index in [9.17, 15) is 13.2 Å². The zero-order valence-electron chi connectivity index (χ0n) is 18.0. The first-order valence-corrected chi connectivity index (χ1v) is 13.3. The summed E-state index contributed by atoms with van der Waals surface area (Å²) in [6, 6.07) is 14.2. The van der Waals surface area contributed by atoms with E-state index in [1.807, 2.05) is 31.2 Å². The zero-order chi connectivity index (χ0) is 23.1. The normalized spacial score (nSPS) is 11.5. The molecule has 0 aliphatic heterocycles. The standard InChI is InChI=1S/C21H25N5O3S3/c1-4-26(5-2)32(28,29)18-8-6-7-17(13-18)22-19(27)14-30-21-25-24-20(31-21)23-16-11-9-15(3)10-12-16/h6-13H,4-5,14H2,1-3H3,(H,22,27)(H,23,24). The van der Waals surface area contributed by atoms with Crippen LogP contribution in [0.5, 0.6) is 0 Å². The summed E-state index contributed by atoms with van der Waals surface area (Å²) in [5.74, 6) is -0.123. The van der Waals surface area contributed by atoms with Crippen LogP contribution >= 0.6 is 23.1 Å². The van der Waals surface area contributed by atoms with E-state index in [0.717, 1.165) is 5.69 Å². The maximum atomic E-state index is 12.7. The molecule has 2 N–H and O–H groups in total. The molecule has 0 aliphatic rings. The number of benzene rings is 2. The number of rotatable bonds is 10. The van der Waals surface area contributed by atoms with E-state index in [1.54, 1.807) is 26.0 Å². The van der Waals surface area contributed by atoms with Gasteiger partial charge < -0.3 is 10.6 Å². The van der Waals surface area contributed by atoms with Crippen LogP contribution in [0, 0.1) is 6.92 Å². The lowest BCUT2D eigenvalue weighted by atomic mass is 10.2. The number of nitrogens with zero attached hydrogens (tertiary/aromatic N) is 3. The van der Waals surface area contributed by atoms with Gasteiger partial charge in [0.05, 0.1) is 10.6 Å². The minimum Gasteiger partial charge on any atom is -0.330 e. The summed E-state index contributed by atoms with van der Waals surface area (Å²) in [6.45, 7) is 6.37. The molecule has 0 aliphatic carbocycles. The van der Waals surface area contributed by atoms with Crippen molar-refractivity contribution in [3.8, 4) is 0 Å². The number of sulfonamides is 1. The summed E-state index contributed by atoms with van der Waals surface area (Å²) in [5.41, 5.74) is 2.52. The Morgan fingerprint density at radius 2 is 1.78 bits per heavy atom. The number of hydrogen-bond donors (Lipinski definition) is 2. The lowest BCUT2D eigenvalue weighted by molar-refractivity contribution is -0.113. The Hall–Kier alpha value is -2.47. The molecule has 1 heterocycles. The van der Waals surface area contributed by atoms with Crippen molar-refractivity contribution in [1.82, 2.24) is 14.5 Å². The maximum absolute atomic E-state index is 12.7. The number of thioether (sulfide) groups is 1. The van der Waals surface area contributed by atoms with Crippen LogP contribution in [0.2, 0.25) is 0 Å². The van der Waals surface area contributed by atoms with Crippen molar-refractivity contribution in [2.45, 2.75) is 30.0 Å². The van der Waals surface area contributed by atoms with Crippen LogP contribution in [0.15, 0.2) is 57.8 Å². The van der Waals surface area contributed by atoms with E-state index in [0.29, 0.717) is 28.2 Å². The number of carbonyl (C=O) groups is 1. The van der Waals surface area contributed by atoms with E-state index in [-0.39, 0.29) is 16.6 Å². The van der Waals surface area contributed by atoms with Crippen LogP contribution in [0.4, 0.5) is 16.5 Å². The molecule has 0 unspecified atom stereocenters. The second-order valence-corrected chi connectivity index (χ2v) is 11.0. The van der Waals surface area contributed by atoms with Crippen LogP contribution in [-0.4, -0.2) is 47.7 Å². The minimum absolute atomic E-state index is 0.131. The molecule has 0 saturated heterocycles. The highest BCUT2D eigenvalue weighted by molar-refractivity contribution is 8.01. The van der Waals surface area contributed by atoms with Gasteiger partial charge in [0.1, 0.15) is 0 Å². The maximum Gasteiger partial charge on any atom is 0.243 e. The number of aryl methyl sites for hydroxylation is 1. The van der Waals surface area contributed by atoms with Gasteiger partial charge in [-0.1, -0.05) is 60.7 Å². The molecule has 11 heteroatoms. The summed E-state index contributed by atoms with van der Waals surface area (Å²) >= 11 is 2.63. The molecule has 0 spiro atoms. The quantitative estimate of drug-likeness (QED) is 0.406. The lowest BCUT2D eigenvalue weighted by Gasteiger charge is -2.18. The molecule has 3 rings (SSSR count). The van der Waals surface area contributed by atoms with Gasteiger partial charge in [0.2, 0.25) is 21.1 Å². The molecule has 8 nitrogen and oxygen atoms in total. The van der Waals surface area contributed by atoms with Crippen molar-refractivity contribution in [3.05, 3.63) is 54.1 Å². The number of carbonyl (C=O) groups excluding carboxylic acids is 1. The van der Waals surface area contributed by atoms with Crippen molar-refractivity contribution in [3.63, 3.8) is 0 Å². The van der Waals surface area contributed by atoms with E-state index >= 15 is 0 Å². The summed E-state index contributed by atoms with van der Waals surface area (Å²) < 4.78 is 27.4. The minimum atomic E-state index is -3.59. The first kappa shape index (κ1) is 24.2. The molecule has 3 aromatic rings. The van der Waals surface area contributed by atoms with Crippen LogP contribution in [0.25, 0.3) is 0 Å². The predicted octanol–water partition coefficient (Wildman–Crippen LogP) is 4.35. The molecular formula is C21H25N5O3S3. The van der Waals surface area contributed by atoms with Crippen LogP contribution in [-0.2, 0) is 14.8 Å². The van der Waals surface area contributed by atoms with Crippen LogP contribution in [0.3, 0.4) is 0 Å². The SMILES string of the molecule is CCN(CC)S(=O)(=O)c1cccc(NC(=O)CSc2nnc(Nc3ccc(C)cc3)s2)c1. The average Bonchev–Trinajstić information content (AvgIpc) is 3.22. The van der Waals surface area contributed by atoms with Gasteiger partial charge in [0.15, 0.2) is 4.34 Å². The molecule has 32 heavy (non-hydrogen) atoms. The number of aromatic nitrogens is 2. The molecule has 1 amide bonds. The van der Waals surface area contributed by atoms with Gasteiger partial charge in [0, 0.05) is 24.5 Å². The Bertz CT molecular complexity index is 1160. The Kier molecular flexibility index (Phi) is 8.24. The average molecular weight is 492 g/mol. The lowest BCUT2D eigenvalue weighted by Crippen LogP contribution is -2.30. The van der Waals surface area contributed by atoms with Gasteiger partial charge in [-0.05, 0) is 37.3 Å². The zero-order valence-corrected chi connectivity index (χ0v) is 20.5. The third-order valence-corrected chi connectivity index (χ3v) is 8.51. The smallest absolute Gasteiger partial charge is 0.243 e. The Balaban J connectivity index is 1.56. The van der Waals surface area contributed by atoms with Crippen molar-refractivity contribution in [1.29, 1.82) is 0 Å². The Morgan fingerprint density at radius 3 is 2.47 bits per heavy atom. The fourth-order valence-corrected chi connectivity index (χ4v) is 5.93. The predicted molar refractivity (Wildman–Crippen MR) is 130 cm³/mol. The third-order valence-electron chi connectivity index (χ3n) is 4.50. The van der Waals surface area contributed by atoms with E-state index in [2.05, 4.69) is 20.8 Å². The molecule has 1 aromatic heterocycles. The number of anilines is 3. The van der Waals surface area contributed by atoms with Gasteiger partial charge in [-0.2, -0.15) is 4.31 Å². The van der Waals surface area contributed by atoms with Gasteiger partial charge in [0.25, 0.3) is 0 Å². The van der Waals surface area contributed by atoms with E-state index < -0.39 is 10.0 Å². The Labute approximate surface area is 196 Å². The second kappa shape index (κ2) is 10.9. The third kappa shape index (κ3) is 6.28. The van der Waals surface area contributed by atoms with Crippen LogP contribution in [0.1, 0.15) is 19.4 Å². The summed E-state index contributed by atoms with van der Waals surface area (Å²) in [7, 11) is -3.59. The molecular weight excluding hydrogens is 466 g/mol. The monoisotopic (exact) mass is 491 g/mol. The van der Waals surface area contributed by atoms with Gasteiger partial charge in [-0.25, -0.2) is 8.42 Å². The molecule has 0 fully saturated rings. The second-order valence-electron chi connectivity index (χ2n) is 6.82. The van der Waals surface area contributed by atoms with Crippen LogP contribution < -0.4 is 10.6 Å². The van der Waals surface area contributed by atoms with E-state index in [1.165, 1.54) is 45.1 Å². The highest BCUT2D eigenvalue weighted by atomic mass is 32.2. The Morgan fingerprint density at radius 1 is 1.06 bits per heavy atom. The summed E-state index contributed by atoms with van der Waals surface area (Å²) in [5, 5.41) is 14.8. The van der Waals surface area contributed by atoms with Crippen molar-refractivity contribution in [2.75, 3.05) is 29.5 Å². The van der Waals surface area contributed by atoms with Crippen molar-refractivity contribution in [2.24, 2.45) is 0 Å². The summed E-state index contributed by atoms with van der Waals surface area (Å²) in [6.07, 6.45) is 0. The van der Waals surface area contributed by atoms with Crippen molar-refractivity contribution >= 4 is 55.5 Å². The highest BCUT2D eigenvalue weighted by Crippen LogP contribution is 2.28. The molecule has 2 aromatic carbocycles. The van der Waals surface area contributed by atoms with Crippen molar-refractivity contribution < 1.29 is 13.2 Å². The van der Waals surface area contributed by atoms with Gasteiger partial charge in [-0.3, -0.25) is 4.79 Å². The molecule has 170 valence electrons. The number of nitrogens with one attached hydrogen (secondary N) is 2. The van der Waals surface area contributed by atoms with E-state index in [4.69, 9.17) is 0 Å². The van der Waals surface area contributed by atoms with Gasteiger partial charge in [-0.15, -0.1) is 10.2 Å². The molecule has 0 bridgehead atoms. The largest absolute Gasteiger partial charge is 0.330 e. The molecule has 0 atom stereocenters. The fraction of sp³-hybridized carbons (Fsp3) is 0.286.